The molecule has 0 atom stereocenters. The fourth-order valence-electron chi connectivity index (χ4n) is 8.27. The van der Waals surface area contributed by atoms with E-state index in [2.05, 4.69) is 158 Å². The molecule has 9 aromatic rings. The van der Waals surface area contributed by atoms with Gasteiger partial charge in [-0.3, -0.25) is 0 Å². The molecule has 0 amide bonds. The van der Waals surface area contributed by atoms with E-state index in [0.717, 1.165) is 0 Å². The zero-order valence-corrected chi connectivity index (χ0v) is 26.0. The van der Waals surface area contributed by atoms with E-state index in [-0.39, 0.29) is 5.41 Å². The molecule has 0 N–H and O–H groups in total. The van der Waals surface area contributed by atoms with E-state index in [1.807, 2.05) is 11.3 Å². The highest BCUT2D eigenvalue weighted by Crippen LogP contribution is 2.52. The quantitative estimate of drug-likeness (QED) is 0.188. The Kier molecular flexibility index (Phi) is 5.00. The van der Waals surface area contributed by atoms with Crippen LogP contribution in [-0.4, -0.2) is 4.57 Å². The summed E-state index contributed by atoms with van der Waals surface area (Å²) in [5.74, 6) is 0. The highest BCUT2D eigenvalue weighted by molar-refractivity contribution is 7.27. The summed E-state index contributed by atoms with van der Waals surface area (Å²) >= 11 is 1.92. The smallest absolute Gasteiger partial charge is 0.0726 e. The molecule has 7 aromatic carbocycles. The zero-order valence-electron chi connectivity index (χ0n) is 25.1. The van der Waals surface area contributed by atoms with Crippen LogP contribution in [0.4, 0.5) is 0 Å². The molecule has 0 bridgehead atoms. The molecule has 45 heavy (non-hydrogen) atoms. The molecule has 0 saturated carbocycles. The Hall–Kier alpha value is -5.18. The third-order valence-corrected chi connectivity index (χ3v) is 11.3. The fourth-order valence-corrected chi connectivity index (χ4v) is 9.53. The third-order valence-electron chi connectivity index (χ3n) is 10.2. The van der Waals surface area contributed by atoms with Crippen molar-refractivity contribution in [3.05, 3.63) is 151 Å². The van der Waals surface area contributed by atoms with Crippen molar-refractivity contribution >= 4 is 64.1 Å². The van der Waals surface area contributed by atoms with Crippen LogP contribution in [0, 0.1) is 0 Å². The van der Waals surface area contributed by atoms with Gasteiger partial charge in [0.05, 0.1) is 15.7 Å². The van der Waals surface area contributed by atoms with Gasteiger partial charge >= 0.3 is 0 Å². The van der Waals surface area contributed by atoms with Crippen molar-refractivity contribution in [2.75, 3.05) is 0 Å². The summed E-state index contributed by atoms with van der Waals surface area (Å²) < 4.78 is 5.19. The molecule has 0 spiro atoms. The molecule has 0 unspecified atom stereocenters. The number of benzene rings is 7. The number of hydrogen-bond acceptors (Lipinski definition) is 1. The first-order chi connectivity index (χ1) is 22.1. The Bertz CT molecular complexity index is 2670. The molecule has 1 aliphatic rings. The van der Waals surface area contributed by atoms with E-state index in [1.54, 1.807) is 0 Å². The molecule has 0 fully saturated rings. The first-order valence-corrected chi connectivity index (χ1v) is 16.5. The summed E-state index contributed by atoms with van der Waals surface area (Å²) in [5, 5.41) is 7.98. The minimum absolute atomic E-state index is 0.0537. The molecule has 2 heterocycles. The van der Waals surface area contributed by atoms with Crippen molar-refractivity contribution in [3.63, 3.8) is 0 Å². The second-order valence-electron chi connectivity index (χ2n) is 12.9. The molecular formula is C43H29NS. The molecule has 0 saturated heterocycles. The van der Waals surface area contributed by atoms with Crippen molar-refractivity contribution in [2.45, 2.75) is 19.3 Å². The van der Waals surface area contributed by atoms with E-state index in [9.17, 15) is 0 Å². The molecule has 1 aliphatic carbocycles. The number of thiophene rings is 1. The molecule has 212 valence electrons. The fraction of sp³-hybridized carbons (Fsp3) is 0.0698. The summed E-state index contributed by atoms with van der Waals surface area (Å²) in [6, 6.07) is 51.8. The summed E-state index contributed by atoms with van der Waals surface area (Å²) in [6.45, 7) is 4.74. The van der Waals surface area contributed by atoms with Gasteiger partial charge in [-0.15, -0.1) is 11.3 Å². The maximum absolute atomic E-state index is 2.51. The Morgan fingerprint density at radius 1 is 0.511 bits per heavy atom. The lowest BCUT2D eigenvalue weighted by atomic mass is 9.79. The van der Waals surface area contributed by atoms with Crippen LogP contribution in [0.2, 0.25) is 0 Å². The van der Waals surface area contributed by atoms with Crippen LogP contribution >= 0.6 is 11.3 Å². The standard InChI is InChI=1S/C43H29NS/c1-43(2)35-19-8-5-12-29(35)32-18-11-17-28(40(32)43)26-22-24-27(25-23-26)44-36-20-9-6-15-33(36)38-30-13-3-4-14-31(30)39-34-16-7-10-21-37(34)45-42(39)41(38)44/h3-25H,1-2H3. The topological polar surface area (TPSA) is 4.93 Å². The van der Waals surface area contributed by atoms with Crippen molar-refractivity contribution < 1.29 is 0 Å². The molecule has 1 nitrogen and oxygen atoms in total. The lowest BCUT2D eigenvalue weighted by Crippen LogP contribution is -2.16. The normalized spacial score (nSPS) is 13.7. The van der Waals surface area contributed by atoms with Crippen LogP contribution in [0.15, 0.2) is 140 Å². The molecule has 2 heteroatoms. The molecule has 0 radical (unpaired) electrons. The van der Waals surface area contributed by atoms with Gasteiger partial charge in [-0.1, -0.05) is 129 Å². The Morgan fingerprint density at radius 2 is 1.13 bits per heavy atom. The highest BCUT2D eigenvalue weighted by Gasteiger charge is 2.37. The largest absolute Gasteiger partial charge is 0.308 e. The lowest BCUT2D eigenvalue weighted by Gasteiger charge is -2.24. The second kappa shape index (κ2) is 8.94. The van der Waals surface area contributed by atoms with E-state index in [0.29, 0.717) is 0 Å². The SMILES string of the molecule is CC1(C)c2ccccc2-c2cccc(-c3ccc(-n4c5ccccc5c5c6ccccc6c6c7ccccc7sc6c54)cc3)c21. The van der Waals surface area contributed by atoms with Crippen molar-refractivity contribution in [1.82, 2.24) is 4.57 Å². The third kappa shape index (κ3) is 3.27. The monoisotopic (exact) mass is 591 g/mol. The number of hydrogen-bond donors (Lipinski definition) is 0. The van der Waals surface area contributed by atoms with Gasteiger partial charge in [-0.05, 0) is 68.4 Å². The summed E-state index contributed by atoms with van der Waals surface area (Å²) in [6.07, 6.45) is 0. The number of fused-ring (bicyclic) bond motifs is 13. The van der Waals surface area contributed by atoms with Gasteiger partial charge in [-0.2, -0.15) is 0 Å². The van der Waals surface area contributed by atoms with Gasteiger partial charge in [0.1, 0.15) is 0 Å². The molecule has 2 aromatic heterocycles. The molecular weight excluding hydrogens is 563 g/mol. The van der Waals surface area contributed by atoms with Crippen molar-refractivity contribution in [2.24, 2.45) is 0 Å². The lowest BCUT2D eigenvalue weighted by molar-refractivity contribution is 0.662. The number of aromatic nitrogens is 1. The predicted molar refractivity (Wildman–Crippen MR) is 194 cm³/mol. The summed E-state index contributed by atoms with van der Waals surface area (Å²) in [7, 11) is 0. The van der Waals surface area contributed by atoms with Gasteiger partial charge in [0.2, 0.25) is 0 Å². The van der Waals surface area contributed by atoms with Crippen LogP contribution in [0.25, 0.3) is 80.7 Å². The average Bonchev–Trinajstić information content (AvgIpc) is 3.72. The number of rotatable bonds is 2. The van der Waals surface area contributed by atoms with Crippen LogP contribution in [0.1, 0.15) is 25.0 Å². The maximum Gasteiger partial charge on any atom is 0.0726 e. The predicted octanol–water partition coefficient (Wildman–Crippen LogP) is 12.3. The van der Waals surface area contributed by atoms with Crippen molar-refractivity contribution in [1.29, 1.82) is 0 Å². The van der Waals surface area contributed by atoms with E-state index < -0.39 is 0 Å². The van der Waals surface area contributed by atoms with Gasteiger partial charge < -0.3 is 4.57 Å². The van der Waals surface area contributed by atoms with Gasteiger partial charge in [0, 0.05) is 37.3 Å². The van der Waals surface area contributed by atoms with Crippen LogP contribution in [0.5, 0.6) is 0 Å². The van der Waals surface area contributed by atoms with Crippen molar-refractivity contribution in [3.8, 4) is 27.9 Å². The van der Waals surface area contributed by atoms with Crippen LogP contribution < -0.4 is 0 Å². The molecule has 0 aliphatic heterocycles. The number of nitrogens with zero attached hydrogens (tertiary/aromatic N) is 1. The van der Waals surface area contributed by atoms with Gasteiger partial charge in [-0.25, -0.2) is 0 Å². The van der Waals surface area contributed by atoms with E-state index in [4.69, 9.17) is 0 Å². The zero-order chi connectivity index (χ0) is 29.9. The Labute approximate surface area is 265 Å². The first kappa shape index (κ1) is 25.2. The summed E-state index contributed by atoms with van der Waals surface area (Å²) in [4.78, 5) is 0. The van der Waals surface area contributed by atoms with Gasteiger partial charge in [0.15, 0.2) is 0 Å². The minimum atomic E-state index is -0.0537. The average molecular weight is 592 g/mol. The van der Waals surface area contributed by atoms with Gasteiger partial charge in [0.25, 0.3) is 0 Å². The van der Waals surface area contributed by atoms with Crippen LogP contribution in [-0.2, 0) is 5.41 Å². The Morgan fingerprint density at radius 3 is 1.96 bits per heavy atom. The number of para-hydroxylation sites is 1. The highest BCUT2D eigenvalue weighted by atomic mass is 32.1. The van der Waals surface area contributed by atoms with E-state index in [1.165, 1.54) is 91.8 Å². The first-order valence-electron chi connectivity index (χ1n) is 15.7. The Balaban J connectivity index is 1.25. The maximum atomic E-state index is 2.51. The van der Waals surface area contributed by atoms with Crippen LogP contribution in [0.3, 0.4) is 0 Å². The minimum Gasteiger partial charge on any atom is -0.308 e. The summed E-state index contributed by atoms with van der Waals surface area (Å²) in [5.41, 5.74) is 11.8. The van der Waals surface area contributed by atoms with E-state index >= 15 is 0 Å². The second-order valence-corrected chi connectivity index (χ2v) is 13.9. The molecule has 10 rings (SSSR count).